The number of rotatable bonds is 14. The van der Waals surface area contributed by atoms with Gasteiger partial charge in [0.2, 0.25) is 17.8 Å². The van der Waals surface area contributed by atoms with Gasteiger partial charge >= 0.3 is 24.1 Å². The summed E-state index contributed by atoms with van der Waals surface area (Å²) in [4.78, 5) is 61.2. The van der Waals surface area contributed by atoms with Gasteiger partial charge in [-0.1, -0.05) is 5.16 Å². The van der Waals surface area contributed by atoms with Gasteiger partial charge < -0.3 is 44.0 Å². The van der Waals surface area contributed by atoms with Crippen LogP contribution in [0.15, 0.2) is 34.9 Å². The normalized spacial score (nSPS) is 15.2. The van der Waals surface area contributed by atoms with E-state index in [0.29, 0.717) is 30.8 Å². The quantitative estimate of drug-likeness (QED) is 0.0604. The van der Waals surface area contributed by atoms with E-state index < -0.39 is 66.0 Å². The first-order chi connectivity index (χ1) is 25.5. The predicted molar refractivity (Wildman–Crippen MR) is 199 cm³/mol. The topological polar surface area (TPSA) is 224 Å². The fourth-order valence-corrected chi connectivity index (χ4v) is 5.87. The van der Waals surface area contributed by atoms with E-state index in [2.05, 4.69) is 15.5 Å². The van der Waals surface area contributed by atoms with Gasteiger partial charge in [0.05, 0.1) is 24.7 Å². The van der Waals surface area contributed by atoms with Gasteiger partial charge in [0, 0.05) is 30.5 Å². The van der Waals surface area contributed by atoms with E-state index in [1.54, 1.807) is 64.6 Å². The summed E-state index contributed by atoms with van der Waals surface area (Å²) in [5, 5.41) is 38.1. The van der Waals surface area contributed by atoms with Crippen molar-refractivity contribution in [2.75, 3.05) is 31.6 Å². The zero-order valence-electron chi connectivity index (χ0n) is 32.5. The van der Waals surface area contributed by atoms with Crippen LogP contribution >= 0.6 is 11.3 Å². The van der Waals surface area contributed by atoms with Crippen LogP contribution in [0, 0.1) is 5.92 Å². The molecule has 3 heterocycles. The molecule has 19 heteroatoms. The van der Waals surface area contributed by atoms with Crippen LogP contribution in [-0.4, -0.2) is 115 Å². The Kier molecular flexibility index (Phi) is 13.4. The lowest BCUT2D eigenvalue weighted by molar-refractivity contribution is -0.759. The van der Waals surface area contributed by atoms with Crippen LogP contribution in [0.3, 0.4) is 0 Å². The number of aliphatic hydroxyl groups excluding tert-OH is 2. The van der Waals surface area contributed by atoms with Crippen molar-refractivity contribution >= 4 is 57.2 Å². The Morgan fingerprint density at radius 3 is 2.27 bits per heavy atom. The number of carbonyl (C=O) groups is 4. The first kappa shape index (κ1) is 42.7. The van der Waals surface area contributed by atoms with E-state index in [4.69, 9.17) is 23.8 Å². The van der Waals surface area contributed by atoms with Crippen molar-refractivity contribution in [2.45, 2.75) is 104 Å². The van der Waals surface area contributed by atoms with Gasteiger partial charge in [-0.2, -0.15) is 4.68 Å². The summed E-state index contributed by atoms with van der Waals surface area (Å²) in [5.74, 6) is -1.93. The number of hydrogen-bond donors (Lipinski definition) is 4. The van der Waals surface area contributed by atoms with E-state index in [0.717, 1.165) is 16.9 Å². The van der Waals surface area contributed by atoms with Crippen molar-refractivity contribution < 1.29 is 63.0 Å². The number of thiazole rings is 1. The Hall–Kier alpha value is -5.01. The standard InChI is InChI=1S/C36H50N6O12S/c1-34(2,3)51-30(47)27(54-39-28(29(45)46)25-20-55-31(37-25)38-32(48)52-35(4,5)6)19-50-24-10-11-26-22(12-24)16-41(42(26)17-23(44)18-43)15-21-13-40(14-21)33(49)53-36(7,8)9/h10-12,16,20-21,23,27,43-44H,13-15,17-19H2,1-9H3,(H-,37,38,45,46,48)/p+1/b39-28-/t23?,27-/m0/s1. The molecular weight excluding hydrogens is 740 g/mol. The molecule has 0 radical (unpaired) electrons. The smallest absolute Gasteiger partial charge is 0.413 e. The summed E-state index contributed by atoms with van der Waals surface area (Å²) in [7, 11) is 0. The Bertz CT molecular complexity index is 1880. The minimum Gasteiger partial charge on any atom is -0.489 e. The summed E-state index contributed by atoms with van der Waals surface area (Å²) in [6.07, 6.45) is -1.85. The lowest BCUT2D eigenvalue weighted by Gasteiger charge is -2.39. The van der Waals surface area contributed by atoms with Crippen LogP contribution in [0.4, 0.5) is 14.7 Å². The molecule has 2 aromatic heterocycles. The number of fused-ring (bicyclic) bond motifs is 1. The zero-order chi connectivity index (χ0) is 40.9. The summed E-state index contributed by atoms with van der Waals surface area (Å²) in [5.41, 5.74) is -2.35. The highest BCUT2D eigenvalue weighted by Crippen LogP contribution is 2.25. The van der Waals surface area contributed by atoms with E-state index in [1.165, 1.54) is 5.38 Å². The molecule has 0 saturated carbocycles. The lowest BCUT2D eigenvalue weighted by Crippen LogP contribution is -2.56. The first-order valence-electron chi connectivity index (χ1n) is 17.6. The van der Waals surface area contributed by atoms with Crippen molar-refractivity contribution in [3.8, 4) is 5.75 Å². The van der Waals surface area contributed by atoms with Gasteiger partial charge in [-0.3, -0.25) is 5.32 Å². The van der Waals surface area contributed by atoms with E-state index in [1.807, 2.05) is 36.3 Å². The highest BCUT2D eigenvalue weighted by atomic mass is 32.1. The second kappa shape index (κ2) is 17.2. The predicted octanol–water partition coefficient (Wildman–Crippen LogP) is 3.55. The Balaban J connectivity index is 1.52. The molecular formula is C36H51N6O12S+. The molecule has 1 aliphatic rings. The molecule has 2 amide bonds. The molecule has 302 valence electrons. The number of esters is 1. The maximum atomic E-state index is 13.2. The molecule has 55 heavy (non-hydrogen) atoms. The van der Waals surface area contributed by atoms with Crippen molar-refractivity contribution in [2.24, 2.45) is 11.1 Å². The molecule has 1 aliphatic heterocycles. The molecule has 18 nitrogen and oxygen atoms in total. The van der Waals surface area contributed by atoms with Crippen molar-refractivity contribution in [1.29, 1.82) is 0 Å². The number of anilines is 1. The van der Waals surface area contributed by atoms with Crippen LogP contribution in [0.2, 0.25) is 0 Å². The molecule has 1 unspecified atom stereocenters. The average Bonchev–Trinajstić information content (AvgIpc) is 3.60. The number of carboxylic acid groups (broad SMARTS) is 1. The number of oxime groups is 1. The Morgan fingerprint density at radius 2 is 1.67 bits per heavy atom. The number of carboxylic acids is 1. The number of aromatic nitrogens is 3. The molecule has 0 spiro atoms. The summed E-state index contributed by atoms with van der Waals surface area (Å²) >= 11 is 0.934. The summed E-state index contributed by atoms with van der Waals surface area (Å²) in [6, 6.07) is 5.12. The Morgan fingerprint density at radius 1 is 1.02 bits per heavy atom. The van der Waals surface area contributed by atoms with Gasteiger partial charge in [0.15, 0.2) is 5.13 Å². The monoisotopic (exact) mass is 791 g/mol. The molecule has 1 fully saturated rings. The molecule has 0 bridgehead atoms. The summed E-state index contributed by atoms with van der Waals surface area (Å²) < 4.78 is 25.9. The SMILES string of the molecule is CC(C)(C)OC(=O)Nc1nc(/C(=N/O[C@@H](COc2ccc3c(c2)cn(CC2CN(C(=O)OC(C)(C)C)C2)[n+]3CC(O)CO)C(=O)OC(C)(C)C)C(=O)O)cs1. The number of benzene rings is 1. The van der Waals surface area contributed by atoms with E-state index in [9.17, 15) is 34.5 Å². The molecule has 4 rings (SSSR count). The number of aliphatic hydroxyl groups is 2. The van der Waals surface area contributed by atoms with Crippen LogP contribution in [0.1, 0.15) is 68.0 Å². The number of amides is 2. The van der Waals surface area contributed by atoms with Gasteiger partial charge in [0.1, 0.15) is 41.0 Å². The second-order valence-electron chi connectivity index (χ2n) is 16.0. The summed E-state index contributed by atoms with van der Waals surface area (Å²) in [6.45, 7) is 16.2. The van der Waals surface area contributed by atoms with Gasteiger partial charge in [-0.05, 0) is 74.4 Å². The third kappa shape index (κ3) is 12.8. The van der Waals surface area contributed by atoms with Crippen molar-refractivity contribution in [3.05, 3.63) is 35.5 Å². The Labute approximate surface area is 322 Å². The van der Waals surface area contributed by atoms with Crippen LogP contribution in [0.5, 0.6) is 5.75 Å². The number of nitrogens with zero attached hydrogens (tertiary/aromatic N) is 5. The van der Waals surface area contributed by atoms with Crippen LogP contribution in [0.25, 0.3) is 10.9 Å². The zero-order valence-corrected chi connectivity index (χ0v) is 33.3. The third-order valence-corrected chi connectivity index (χ3v) is 8.18. The van der Waals surface area contributed by atoms with Gasteiger partial charge in [-0.15, -0.1) is 16.0 Å². The fraction of sp³-hybridized carbons (Fsp3) is 0.583. The number of aliphatic carboxylic acids is 1. The number of hydrogen-bond acceptors (Lipinski definition) is 14. The molecule has 3 aromatic rings. The minimum atomic E-state index is -1.51. The highest BCUT2D eigenvalue weighted by Gasteiger charge is 2.36. The first-order valence-corrected chi connectivity index (χ1v) is 18.5. The number of likely N-dealkylation sites (tertiary alicyclic amines) is 1. The maximum Gasteiger partial charge on any atom is 0.413 e. The molecule has 4 N–H and O–H groups in total. The fourth-order valence-electron chi connectivity index (χ4n) is 5.19. The number of nitrogens with one attached hydrogen (secondary N) is 1. The van der Waals surface area contributed by atoms with Crippen LogP contribution < -0.4 is 14.7 Å². The second-order valence-corrected chi connectivity index (χ2v) is 16.8. The minimum absolute atomic E-state index is 0.0529. The molecule has 2 atom stereocenters. The lowest BCUT2D eigenvalue weighted by atomic mass is 10.0. The molecule has 0 aliphatic carbocycles. The van der Waals surface area contributed by atoms with Gasteiger partial charge in [0.25, 0.3) is 6.10 Å². The van der Waals surface area contributed by atoms with Gasteiger partial charge in [-0.25, -0.2) is 24.2 Å². The van der Waals surface area contributed by atoms with Crippen LogP contribution in [-0.2, 0) is 41.7 Å². The van der Waals surface area contributed by atoms with E-state index >= 15 is 0 Å². The largest absolute Gasteiger partial charge is 0.489 e. The highest BCUT2D eigenvalue weighted by molar-refractivity contribution is 7.14. The third-order valence-electron chi connectivity index (χ3n) is 7.42. The molecule has 1 aromatic carbocycles. The number of carbonyl (C=O) groups excluding carboxylic acids is 3. The van der Waals surface area contributed by atoms with Crippen molar-refractivity contribution in [1.82, 2.24) is 14.6 Å². The van der Waals surface area contributed by atoms with E-state index in [-0.39, 0.29) is 29.4 Å². The molecule has 1 saturated heterocycles. The maximum absolute atomic E-state index is 13.2. The average molecular weight is 792 g/mol. The number of ether oxygens (including phenoxy) is 4. The van der Waals surface area contributed by atoms with Crippen molar-refractivity contribution in [3.63, 3.8) is 0 Å².